The predicted molar refractivity (Wildman–Crippen MR) is 137 cm³/mol. The van der Waals surface area contributed by atoms with Gasteiger partial charge in [-0.25, -0.2) is 4.98 Å². The first-order valence-corrected chi connectivity index (χ1v) is 12.1. The lowest BCUT2D eigenvalue weighted by atomic mass is 10.1. The first-order chi connectivity index (χ1) is 16.5. The summed E-state index contributed by atoms with van der Waals surface area (Å²) >= 11 is 6.17. The average Bonchev–Trinajstić information content (AvgIpc) is 3.36. The largest absolute Gasteiger partial charge is 0.494 e. The van der Waals surface area contributed by atoms with Gasteiger partial charge in [0.1, 0.15) is 11.6 Å². The molecule has 0 radical (unpaired) electrons. The SMILES string of the molecule is Cc1cc(C)cc(OCCCn2c([C@H]3CC(=O)N(c4cccc(Cl)c4)C3)nc3ccccc32)c1. The third-order valence-electron chi connectivity index (χ3n) is 6.28. The van der Waals surface area contributed by atoms with Crippen LogP contribution in [0.3, 0.4) is 0 Å². The van der Waals surface area contributed by atoms with Crippen molar-refractivity contribution in [3.63, 3.8) is 0 Å². The second-order valence-corrected chi connectivity index (χ2v) is 9.46. The van der Waals surface area contributed by atoms with E-state index in [0.29, 0.717) is 24.6 Å². The van der Waals surface area contributed by atoms with Crippen LogP contribution in [0.1, 0.15) is 35.7 Å². The molecule has 5 rings (SSSR count). The van der Waals surface area contributed by atoms with Gasteiger partial charge >= 0.3 is 0 Å². The number of hydrogen-bond acceptors (Lipinski definition) is 3. The van der Waals surface area contributed by atoms with Crippen LogP contribution in [0.15, 0.2) is 66.7 Å². The molecule has 174 valence electrons. The number of halogens is 1. The highest BCUT2D eigenvalue weighted by molar-refractivity contribution is 6.30. The number of amides is 1. The molecule has 2 heterocycles. The number of para-hydroxylation sites is 2. The van der Waals surface area contributed by atoms with Crippen molar-refractivity contribution in [1.82, 2.24) is 9.55 Å². The maximum absolute atomic E-state index is 12.9. The van der Waals surface area contributed by atoms with E-state index in [1.807, 2.05) is 47.4 Å². The number of carbonyl (C=O) groups is 1. The Kier molecular flexibility index (Phi) is 6.29. The predicted octanol–water partition coefficient (Wildman–Crippen LogP) is 6.30. The molecular formula is C28H28ClN3O2. The van der Waals surface area contributed by atoms with Crippen LogP contribution in [0, 0.1) is 13.8 Å². The van der Waals surface area contributed by atoms with Crippen molar-refractivity contribution in [2.75, 3.05) is 18.1 Å². The maximum Gasteiger partial charge on any atom is 0.227 e. The monoisotopic (exact) mass is 473 g/mol. The molecule has 1 aromatic heterocycles. The molecule has 1 aliphatic rings. The summed E-state index contributed by atoms with van der Waals surface area (Å²) in [4.78, 5) is 19.7. The zero-order valence-corrected chi connectivity index (χ0v) is 20.3. The minimum atomic E-state index is 0.0271. The zero-order valence-electron chi connectivity index (χ0n) is 19.5. The van der Waals surface area contributed by atoms with Crippen molar-refractivity contribution in [3.05, 3.63) is 88.7 Å². The molecule has 34 heavy (non-hydrogen) atoms. The van der Waals surface area contributed by atoms with Gasteiger partial charge in [0, 0.05) is 36.1 Å². The Hall–Kier alpha value is -3.31. The minimum Gasteiger partial charge on any atom is -0.494 e. The number of fused-ring (bicyclic) bond motifs is 1. The molecular weight excluding hydrogens is 446 g/mol. The number of anilines is 1. The van der Waals surface area contributed by atoms with E-state index in [1.54, 1.807) is 0 Å². The molecule has 0 aliphatic carbocycles. The maximum atomic E-state index is 12.9. The first-order valence-electron chi connectivity index (χ1n) is 11.7. The first kappa shape index (κ1) is 22.5. The van der Waals surface area contributed by atoms with E-state index < -0.39 is 0 Å². The number of ether oxygens (including phenoxy) is 1. The summed E-state index contributed by atoms with van der Waals surface area (Å²) in [5.41, 5.74) is 5.30. The summed E-state index contributed by atoms with van der Waals surface area (Å²) in [6.07, 6.45) is 1.29. The van der Waals surface area contributed by atoms with Crippen molar-refractivity contribution in [3.8, 4) is 5.75 Å². The van der Waals surface area contributed by atoms with E-state index >= 15 is 0 Å². The molecule has 1 saturated heterocycles. The summed E-state index contributed by atoms with van der Waals surface area (Å²) in [7, 11) is 0. The smallest absolute Gasteiger partial charge is 0.227 e. The molecule has 1 aliphatic heterocycles. The number of imidazole rings is 1. The number of aromatic nitrogens is 2. The number of aryl methyl sites for hydroxylation is 3. The third-order valence-corrected chi connectivity index (χ3v) is 6.52. The molecule has 0 unspecified atom stereocenters. The Morgan fingerprint density at radius 2 is 1.82 bits per heavy atom. The van der Waals surface area contributed by atoms with Crippen LogP contribution in [0.4, 0.5) is 5.69 Å². The highest BCUT2D eigenvalue weighted by Crippen LogP contribution is 2.34. The lowest BCUT2D eigenvalue weighted by Gasteiger charge is -2.18. The number of benzene rings is 3. The Morgan fingerprint density at radius 3 is 2.62 bits per heavy atom. The number of hydrogen-bond donors (Lipinski definition) is 0. The molecule has 0 N–H and O–H groups in total. The Bertz CT molecular complexity index is 1330. The quantitative estimate of drug-likeness (QED) is 0.296. The Morgan fingerprint density at radius 1 is 1.03 bits per heavy atom. The molecule has 1 fully saturated rings. The summed E-state index contributed by atoms with van der Waals surface area (Å²) in [6.45, 7) is 6.16. The second-order valence-electron chi connectivity index (χ2n) is 9.02. The van der Waals surface area contributed by atoms with E-state index in [1.165, 1.54) is 11.1 Å². The van der Waals surface area contributed by atoms with Gasteiger partial charge in [0.25, 0.3) is 0 Å². The highest BCUT2D eigenvalue weighted by Gasteiger charge is 2.34. The van der Waals surface area contributed by atoms with Crippen LogP contribution in [-0.2, 0) is 11.3 Å². The second kappa shape index (κ2) is 9.51. The van der Waals surface area contributed by atoms with Crippen LogP contribution in [-0.4, -0.2) is 28.6 Å². The fourth-order valence-electron chi connectivity index (χ4n) is 4.84. The minimum absolute atomic E-state index is 0.0271. The van der Waals surface area contributed by atoms with E-state index in [4.69, 9.17) is 21.3 Å². The van der Waals surface area contributed by atoms with Gasteiger partial charge in [0.05, 0.1) is 17.6 Å². The van der Waals surface area contributed by atoms with Crippen molar-refractivity contribution < 1.29 is 9.53 Å². The number of carbonyl (C=O) groups excluding carboxylic acids is 1. The van der Waals surface area contributed by atoms with Crippen LogP contribution in [0.25, 0.3) is 11.0 Å². The molecule has 0 bridgehead atoms. The van der Waals surface area contributed by atoms with E-state index in [9.17, 15) is 4.79 Å². The van der Waals surface area contributed by atoms with Gasteiger partial charge in [-0.15, -0.1) is 0 Å². The van der Waals surface area contributed by atoms with E-state index in [-0.39, 0.29) is 11.8 Å². The van der Waals surface area contributed by atoms with Crippen molar-refractivity contribution in [2.45, 2.75) is 39.2 Å². The number of rotatable bonds is 7. The normalized spacial score (nSPS) is 15.9. The summed E-state index contributed by atoms with van der Waals surface area (Å²) in [5.74, 6) is 2.00. The fraction of sp³-hybridized carbons (Fsp3) is 0.286. The highest BCUT2D eigenvalue weighted by atomic mass is 35.5. The van der Waals surface area contributed by atoms with Gasteiger partial charge in [-0.2, -0.15) is 0 Å². The molecule has 1 amide bonds. The zero-order chi connectivity index (χ0) is 23.7. The Labute approximate surface area is 204 Å². The van der Waals surface area contributed by atoms with Crippen molar-refractivity contribution in [2.24, 2.45) is 0 Å². The van der Waals surface area contributed by atoms with E-state index in [0.717, 1.165) is 41.3 Å². The summed E-state index contributed by atoms with van der Waals surface area (Å²) in [6, 6.07) is 21.9. The summed E-state index contributed by atoms with van der Waals surface area (Å²) < 4.78 is 8.30. The molecule has 4 aromatic rings. The van der Waals surface area contributed by atoms with Gasteiger partial charge < -0.3 is 14.2 Å². The van der Waals surface area contributed by atoms with Crippen LogP contribution in [0.2, 0.25) is 5.02 Å². The van der Waals surface area contributed by atoms with Gasteiger partial charge in [0.15, 0.2) is 0 Å². The van der Waals surface area contributed by atoms with Crippen LogP contribution in [0.5, 0.6) is 5.75 Å². The lowest BCUT2D eigenvalue weighted by molar-refractivity contribution is -0.117. The topological polar surface area (TPSA) is 47.4 Å². The van der Waals surface area contributed by atoms with Gasteiger partial charge in [-0.05, 0) is 73.9 Å². The molecule has 5 nitrogen and oxygen atoms in total. The number of nitrogens with zero attached hydrogens (tertiary/aromatic N) is 3. The fourth-order valence-corrected chi connectivity index (χ4v) is 5.03. The average molecular weight is 474 g/mol. The van der Waals surface area contributed by atoms with Crippen molar-refractivity contribution >= 4 is 34.2 Å². The molecule has 1 atom stereocenters. The molecule has 6 heteroatoms. The van der Waals surface area contributed by atoms with Crippen molar-refractivity contribution in [1.29, 1.82) is 0 Å². The Balaban J connectivity index is 1.34. The van der Waals surface area contributed by atoms with Gasteiger partial charge in [-0.3, -0.25) is 4.79 Å². The standard InChI is InChI=1S/C28H28ClN3O2/c1-19-13-20(2)15-24(14-19)34-12-6-11-31-26-10-4-3-9-25(26)30-28(31)21-16-27(33)32(18-21)23-8-5-7-22(29)17-23/h3-5,7-10,13-15,17,21H,6,11-12,16,18H2,1-2H3/t21-/m0/s1. The van der Waals surface area contributed by atoms with Gasteiger partial charge in [0.2, 0.25) is 5.91 Å². The lowest BCUT2D eigenvalue weighted by Crippen LogP contribution is -2.24. The summed E-state index contributed by atoms with van der Waals surface area (Å²) in [5, 5.41) is 0.629. The molecule has 3 aromatic carbocycles. The van der Waals surface area contributed by atoms with Gasteiger partial charge in [-0.1, -0.05) is 35.9 Å². The van der Waals surface area contributed by atoms with Crippen LogP contribution >= 0.6 is 11.6 Å². The molecule has 0 spiro atoms. The molecule has 0 saturated carbocycles. The third kappa shape index (κ3) is 4.66. The van der Waals surface area contributed by atoms with Crippen LogP contribution < -0.4 is 9.64 Å². The van der Waals surface area contributed by atoms with E-state index in [2.05, 4.69) is 42.7 Å².